The molecular weight excluding hydrogens is 390 g/mol. The van der Waals surface area contributed by atoms with E-state index in [9.17, 15) is 4.79 Å². The van der Waals surface area contributed by atoms with Crippen molar-refractivity contribution in [3.05, 3.63) is 36.2 Å². The van der Waals surface area contributed by atoms with Crippen molar-refractivity contribution in [3.8, 4) is 22.1 Å². The number of carbonyl (C=O) groups is 1. The summed E-state index contributed by atoms with van der Waals surface area (Å²) in [6.07, 6.45) is 3.91. The third-order valence-corrected chi connectivity index (χ3v) is 5.45. The first-order chi connectivity index (χ1) is 14.1. The Hall–Kier alpha value is -3.20. The number of ether oxygens (including phenoxy) is 2. The van der Waals surface area contributed by atoms with Gasteiger partial charge in [0, 0.05) is 25.1 Å². The molecule has 2 heterocycles. The van der Waals surface area contributed by atoms with Crippen molar-refractivity contribution in [1.29, 1.82) is 0 Å². The van der Waals surface area contributed by atoms with Crippen LogP contribution in [0.3, 0.4) is 0 Å². The van der Waals surface area contributed by atoms with Crippen molar-refractivity contribution in [1.82, 2.24) is 15.0 Å². The summed E-state index contributed by atoms with van der Waals surface area (Å²) in [5.41, 5.74) is 2.46. The van der Waals surface area contributed by atoms with E-state index in [1.807, 2.05) is 24.3 Å². The number of thiazole rings is 1. The highest BCUT2D eigenvalue weighted by molar-refractivity contribution is 7.19. The lowest BCUT2D eigenvalue weighted by molar-refractivity contribution is -0.114. The predicted octanol–water partition coefficient (Wildman–Crippen LogP) is 4.20. The van der Waals surface area contributed by atoms with Crippen LogP contribution in [0.2, 0.25) is 0 Å². The first-order valence-electron chi connectivity index (χ1n) is 9.18. The van der Waals surface area contributed by atoms with E-state index in [0.29, 0.717) is 34.2 Å². The number of aromatic nitrogens is 3. The average molecular weight is 411 g/mol. The molecule has 0 atom stereocenters. The number of nitrogens with zero attached hydrogens (tertiary/aromatic N) is 3. The van der Waals surface area contributed by atoms with Crippen molar-refractivity contribution in [3.63, 3.8) is 0 Å². The van der Waals surface area contributed by atoms with E-state index >= 15 is 0 Å². The monoisotopic (exact) mass is 411 g/mol. The van der Waals surface area contributed by atoms with Crippen molar-refractivity contribution in [2.45, 2.75) is 25.7 Å². The maximum absolute atomic E-state index is 11.4. The van der Waals surface area contributed by atoms with Gasteiger partial charge in [-0.1, -0.05) is 11.3 Å². The Kier molecular flexibility index (Phi) is 5.30. The molecule has 0 spiro atoms. The molecule has 2 N–H and O–H groups in total. The standard InChI is InChI=1S/C20H21N5O3S/c1-11(26)22-20-25-17(12-4-5-12)18(29-20)14-8-9-21-19(23-14)24-15-10-13(27-2)6-7-16(15)28-3/h6-10,12H,4-5H2,1-3H3,(H,21,23,24)(H,22,25,26). The fourth-order valence-electron chi connectivity index (χ4n) is 2.93. The van der Waals surface area contributed by atoms with Gasteiger partial charge in [-0.25, -0.2) is 15.0 Å². The van der Waals surface area contributed by atoms with Crippen molar-refractivity contribution >= 4 is 34.0 Å². The number of carbonyl (C=O) groups excluding carboxylic acids is 1. The summed E-state index contributed by atoms with van der Waals surface area (Å²) in [6, 6.07) is 7.32. The van der Waals surface area contributed by atoms with Crippen LogP contribution in [0.1, 0.15) is 31.4 Å². The van der Waals surface area contributed by atoms with Crippen LogP contribution >= 0.6 is 11.3 Å². The summed E-state index contributed by atoms with van der Waals surface area (Å²) in [5.74, 6) is 2.08. The Bertz CT molecular complexity index is 1050. The molecule has 1 aliphatic carbocycles. The lowest BCUT2D eigenvalue weighted by atomic mass is 10.2. The Morgan fingerprint density at radius 2 is 2.00 bits per heavy atom. The van der Waals surface area contributed by atoms with Gasteiger partial charge in [0.1, 0.15) is 11.5 Å². The van der Waals surface area contributed by atoms with Crippen LogP contribution in [0.25, 0.3) is 10.6 Å². The first kappa shape index (κ1) is 19.1. The fourth-order valence-corrected chi connectivity index (χ4v) is 4.00. The van der Waals surface area contributed by atoms with Gasteiger partial charge in [-0.3, -0.25) is 4.79 Å². The molecule has 0 saturated heterocycles. The van der Waals surface area contributed by atoms with E-state index in [4.69, 9.17) is 9.47 Å². The van der Waals surface area contributed by atoms with Gasteiger partial charge in [0.2, 0.25) is 11.9 Å². The van der Waals surface area contributed by atoms with Gasteiger partial charge in [-0.05, 0) is 31.0 Å². The molecule has 29 heavy (non-hydrogen) atoms. The minimum absolute atomic E-state index is 0.136. The minimum Gasteiger partial charge on any atom is -0.497 e. The third-order valence-electron chi connectivity index (χ3n) is 4.44. The Labute approximate surface area is 172 Å². The van der Waals surface area contributed by atoms with E-state index in [-0.39, 0.29) is 5.91 Å². The normalized spacial score (nSPS) is 13.1. The number of methoxy groups -OCH3 is 2. The second-order valence-electron chi connectivity index (χ2n) is 6.65. The highest BCUT2D eigenvalue weighted by Gasteiger charge is 2.31. The fraction of sp³-hybridized carbons (Fsp3) is 0.300. The maximum Gasteiger partial charge on any atom is 0.227 e. The minimum atomic E-state index is -0.136. The predicted molar refractivity (Wildman–Crippen MR) is 112 cm³/mol. The van der Waals surface area contributed by atoms with E-state index in [1.54, 1.807) is 20.4 Å². The van der Waals surface area contributed by atoms with Gasteiger partial charge in [0.05, 0.1) is 36.2 Å². The van der Waals surface area contributed by atoms with Gasteiger partial charge in [-0.2, -0.15) is 0 Å². The molecule has 9 heteroatoms. The van der Waals surface area contributed by atoms with Crippen LogP contribution in [-0.4, -0.2) is 35.1 Å². The number of hydrogen-bond acceptors (Lipinski definition) is 8. The molecule has 1 saturated carbocycles. The van der Waals surface area contributed by atoms with E-state index in [0.717, 1.165) is 29.1 Å². The largest absolute Gasteiger partial charge is 0.497 e. The van der Waals surface area contributed by atoms with Crippen LogP contribution in [0.5, 0.6) is 11.5 Å². The van der Waals surface area contributed by atoms with Crippen molar-refractivity contribution < 1.29 is 14.3 Å². The Morgan fingerprint density at radius 1 is 1.17 bits per heavy atom. The van der Waals surface area contributed by atoms with Gasteiger partial charge < -0.3 is 20.1 Å². The van der Waals surface area contributed by atoms with Crippen LogP contribution in [0.4, 0.5) is 16.8 Å². The summed E-state index contributed by atoms with van der Waals surface area (Å²) < 4.78 is 10.7. The molecule has 1 aliphatic rings. The first-order valence-corrected chi connectivity index (χ1v) is 10.00. The molecule has 150 valence electrons. The lowest BCUT2D eigenvalue weighted by Gasteiger charge is -2.12. The Balaban J connectivity index is 1.66. The SMILES string of the molecule is COc1ccc(OC)c(Nc2nccc(-c3sc(NC(C)=O)nc3C3CC3)n2)c1. The maximum atomic E-state index is 11.4. The third kappa shape index (κ3) is 4.29. The molecule has 1 amide bonds. The molecule has 3 aromatic rings. The van der Waals surface area contributed by atoms with Crippen LogP contribution in [0, 0.1) is 0 Å². The second kappa shape index (κ2) is 8.04. The van der Waals surface area contributed by atoms with Crippen LogP contribution in [-0.2, 0) is 4.79 Å². The number of rotatable bonds is 7. The molecule has 0 bridgehead atoms. The molecule has 1 aromatic carbocycles. The van der Waals surface area contributed by atoms with E-state index in [1.165, 1.54) is 18.3 Å². The number of benzene rings is 1. The quantitative estimate of drug-likeness (QED) is 0.601. The number of nitrogens with one attached hydrogen (secondary N) is 2. The zero-order valence-corrected chi connectivity index (χ0v) is 17.2. The smallest absolute Gasteiger partial charge is 0.227 e. The average Bonchev–Trinajstić information content (AvgIpc) is 3.48. The summed E-state index contributed by atoms with van der Waals surface area (Å²) in [7, 11) is 3.21. The van der Waals surface area contributed by atoms with E-state index in [2.05, 4.69) is 25.6 Å². The summed E-state index contributed by atoms with van der Waals surface area (Å²) in [6.45, 7) is 1.48. The molecule has 0 unspecified atom stereocenters. The van der Waals surface area contributed by atoms with Crippen molar-refractivity contribution in [2.24, 2.45) is 0 Å². The molecule has 4 rings (SSSR count). The summed E-state index contributed by atoms with van der Waals surface area (Å²) in [5, 5.41) is 6.57. The summed E-state index contributed by atoms with van der Waals surface area (Å²) >= 11 is 1.43. The number of amides is 1. The molecule has 8 nitrogen and oxygen atoms in total. The zero-order chi connectivity index (χ0) is 20.4. The molecule has 2 aromatic heterocycles. The number of hydrogen-bond donors (Lipinski definition) is 2. The molecule has 0 radical (unpaired) electrons. The highest BCUT2D eigenvalue weighted by atomic mass is 32.1. The van der Waals surface area contributed by atoms with Crippen LogP contribution < -0.4 is 20.1 Å². The van der Waals surface area contributed by atoms with Crippen molar-refractivity contribution in [2.75, 3.05) is 24.9 Å². The molecular formula is C20H21N5O3S. The Morgan fingerprint density at radius 3 is 2.69 bits per heavy atom. The van der Waals surface area contributed by atoms with Gasteiger partial charge in [0.15, 0.2) is 5.13 Å². The topological polar surface area (TPSA) is 98.3 Å². The second-order valence-corrected chi connectivity index (χ2v) is 7.64. The molecule has 1 fully saturated rings. The van der Waals surface area contributed by atoms with Gasteiger partial charge in [-0.15, -0.1) is 0 Å². The van der Waals surface area contributed by atoms with Crippen LogP contribution in [0.15, 0.2) is 30.5 Å². The summed E-state index contributed by atoms with van der Waals surface area (Å²) in [4.78, 5) is 26.0. The van der Waals surface area contributed by atoms with Gasteiger partial charge in [0.25, 0.3) is 0 Å². The van der Waals surface area contributed by atoms with E-state index < -0.39 is 0 Å². The lowest BCUT2D eigenvalue weighted by Crippen LogP contribution is -2.05. The molecule has 0 aliphatic heterocycles. The zero-order valence-electron chi connectivity index (χ0n) is 16.4. The number of anilines is 3. The van der Waals surface area contributed by atoms with Gasteiger partial charge >= 0.3 is 0 Å². The highest BCUT2D eigenvalue weighted by Crippen LogP contribution is 2.47.